The number of benzene rings is 2. The van der Waals surface area contributed by atoms with Crippen molar-refractivity contribution >= 4 is 17.4 Å². The fraction of sp³-hybridized carbons (Fsp3) is 0.235. The van der Waals surface area contributed by atoms with E-state index in [4.69, 9.17) is 11.6 Å². The number of halogens is 1. The van der Waals surface area contributed by atoms with Crippen molar-refractivity contribution in [3.05, 3.63) is 70.2 Å². The molecule has 0 atom stereocenters. The Morgan fingerprint density at radius 2 is 1.79 bits per heavy atom. The SMILES string of the molecule is CCCc1ccc(C(=O)Cc2cccc(Cl)c2)cc1. The number of carbonyl (C=O) groups excluding carboxylic acids is 1. The van der Waals surface area contributed by atoms with Gasteiger partial charge in [0.2, 0.25) is 0 Å². The third-order valence-corrected chi connectivity index (χ3v) is 3.30. The van der Waals surface area contributed by atoms with Crippen LogP contribution in [0.4, 0.5) is 0 Å². The molecule has 2 aromatic carbocycles. The zero-order chi connectivity index (χ0) is 13.7. The Balaban J connectivity index is 2.07. The van der Waals surface area contributed by atoms with Crippen LogP contribution in [-0.2, 0) is 12.8 Å². The van der Waals surface area contributed by atoms with Gasteiger partial charge in [-0.1, -0.05) is 61.3 Å². The van der Waals surface area contributed by atoms with E-state index in [1.807, 2.05) is 48.5 Å². The Labute approximate surface area is 119 Å². The van der Waals surface area contributed by atoms with Crippen LogP contribution in [0.3, 0.4) is 0 Å². The van der Waals surface area contributed by atoms with Gasteiger partial charge < -0.3 is 0 Å². The number of Topliss-reactive ketones (excluding diaryl/α,β-unsaturated/α-hetero) is 1. The number of rotatable bonds is 5. The zero-order valence-electron chi connectivity index (χ0n) is 11.0. The first-order valence-corrected chi connectivity index (χ1v) is 6.93. The van der Waals surface area contributed by atoms with Crippen LogP contribution in [0.25, 0.3) is 0 Å². The molecule has 2 aromatic rings. The predicted octanol–water partition coefficient (Wildman–Crippen LogP) is 4.72. The van der Waals surface area contributed by atoms with Gasteiger partial charge in [0.1, 0.15) is 0 Å². The number of hydrogen-bond acceptors (Lipinski definition) is 1. The Morgan fingerprint density at radius 3 is 2.42 bits per heavy atom. The summed E-state index contributed by atoms with van der Waals surface area (Å²) in [5.74, 6) is 0.130. The summed E-state index contributed by atoms with van der Waals surface area (Å²) in [6, 6.07) is 15.4. The molecule has 0 fully saturated rings. The molecule has 0 aliphatic heterocycles. The maximum absolute atomic E-state index is 12.2. The summed E-state index contributed by atoms with van der Waals surface area (Å²) in [6.45, 7) is 2.15. The lowest BCUT2D eigenvalue weighted by Gasteiger charge is -2.04. The molecule has 98 valence electrons. The molecule has 0 heterocycles. The topological polar surface area (TPSA) is 17.1 Å². The highest BCUT2D eigenvalue weighted by Crippen LogP contribution is 2.14. The molecule has 1 nitrogen and oxygen atoms in total. The van der Waals surface area contributed by atoms with Crippen LogP contribution in [0.15, 0.2) is 48.5 Å². The number of ketones is 1. The van der Waals surface area contributed by atoms with Crippen molar-refractivity contribution < 1.29 is 4.79 Å². The van der Waals surface area contributed by atoms with Crippen LogP contribution in [-0.4, -0.2) is 5.78 Å². The van der Waals surface area contributed by atoms with E-state index in [9.17, 15) is 4.79 Å². The summed E-state index contributed by atoms with van der Waals surface area (Å²) in [4.78, 5) is 12.2. The van der Waals surface area contributed by atoms with E-state index in [1.165, 1.54) is 5.56 Å². The highest BCUT2D eigenvalue weighted by molar-refractivity contribution is 6.30. The summed E-state index contributed by atoms with van der Waals surface area (Å²) in [5, 5.41) is 0.670. The first-order chi connectivity index (χ1) is 9.19. The molecule has 19 heavy (non-hydrogen) atoms. The summed E-state index contributed by atoms with van der Waals surface area (Å²) < 4.78 is 0. The molecule has 0 spiro atoms. The monoisotopic (exact) mass is 272 g/mol. The molecule has 0 aliphatic carbocycles. The van der Waals surface area contributed by atoms with E-state index in [2.05, 4.69) is 6.92 Å². The van der Waals surface area contributed by atoms with Crippen molar-refractivity contribution in [2.24, 2.45) is 0 Å². The fourth-order valence-corrected chi connectivity index (χ4v) is 2.29. The van der Waals surface area contributed by atoms with Crippen LogP contribution in [0.2, 0.25) is 5.02 Å². The third-order valence-electron chi connectivity index (χ3n) is 3.07. The van der Waals surface area contributed by atoms with Gasteiger partial charge in [-0.15, -0.1) is 0 Å². The minimum atomic E-state index is 0.130. The van der Waals surface area contributed by atoms with Gasteiger partial charge in [0, 0.05) is 17.0 Å². The molecule has 0 aliphatic rings. The van der Waals surface area contributed by atoms with Gasteiger partial charge in [-0.05, 0) is 29.7 Å². The van der Waals surface area contributed by atoms with Crippen molar-refractivity contribution in [2.75, 3.05) is 0 Å². The molecular formula is C17H17ClO. The Morgan fingerprint density at radius 1 is 1.05 bits per heavy atom. The van der Waals surface area contributed by atoms with Crippen LogP contribution in [0, 0.1) is 0 Å². The first-order valence-electron chi connectivity index (χ1n) is 6.55. The van der Waals surface area contributed by atoms with Crippen molar-refractivity contribution in [3.8, 4) is 0 Å². The van der Waals surface area contributed by atoms with E-state index in [1.54, 1.807) is 0 Å². The second-order valence-electron chi connectivity index (χ2n) is 4.68. The minimum absolute atomic E-state index is 0.130. The Kier molecular flexibility index (Phi) is 4.75. The molecule has 0 radical (unpaired) electrons. The van der Waals surface area contributed by atoms with Crippen molar-refractivity contribution in [2.45, 2.75) is 26.2 Å². The van der Waals surface area contributed by atoms with Crippen LogP contribution in [0.5, 0.6) is 0 Å². The van der Waals surface area contributed by atoms with Gasteiger partial charge in [-0.3, -0.25) is 4.79 Å². The zero-order valence-corrected chi connectivity index (χ0v) is 11.8. The van der Waals surface area contributed by atoms with E-state index < -0.39 is 0 Å². The van der Waals surface area contributed by atoms with E-state index in [0.717, 1.165) is 24.0 Å². The van der Waals surface area contributed by atoms with E-state index in [-0.39, 0.29) is 5.78 Å². The van der Waals surface area contributed by atoms with Crippen LogP contribution < -0.4 is 0 Å². The molecule has 0 aromatic heterocycles. The number of hydrogen-bond donors (Lipinski definition) is 0. The smallest absolute Gasteiger partial charge is 0.167 e. The van der Waals surface area contributed by atoms with Gasteiger partial charge in [0.15, 0.2) is 5.78 Å². The van der Waals surface area contributed by atoms with Crippen LogP contribution in [0.1, 0.15) is 34.8 Å². The number of carbonyl (C=O) groups is 1. The van der Waals surface area contributed by atoms with Crippen LogP contribution >= 0.6 is 11.6 Å². The summed E-state index contributed by atoms with van der Waals surface area (Å²) in [7, 11) is 0. The fourth-order valence-electron chi connectivity index (χ4n) is 2.08. The summed E-state index contributed by atoms with van der Waals surface area (Å²) >= 11 is 5.92. The third kappa shape index (κ3) is 3.93. The maximum atomic E-state index is 12.2. The highest BCUT2D eigenvalue weighted by atomic mass is 35.5. The van der Waals surface area contributed by atoms with Crippen molar-refractivity contribution in [1.29, 1.82) is 0 Å². The lowest BCUT2D eigenvalue weighted by atomic mass is 10.0. The lowest BCUT2D eigenvalue weighted by molar-refractivity contribution is 0.0993. The summed E-state index contributed by atoms with van der Waals surface area (Å²) in [5.41, 5.74) is 3.00. The molecule has 0 saturated carbocycles. The molecule has 2 rings (SSSR count). The van der Waals surface area contributed by atoms with Gasteiger partial charge in [0.25, 0.3) is 0 Å². The minimum Gasteiger partial charge on any atom is -0.294 e. The molecular weight excluding hydrogens is 256 g/mol. The van der Waals surface area contributed by atoms with Crippen molar-refractivity contribution in [3.63, 3.8) is 0 Å². The van der Waals surface area contributed by atoms with E-state index in [0.29, 0.717) is 11.4 Å². The average Bonchev–Trinajstić information content (AvgIpc) is 2.40. The molecule has 0 unspecified atom stereocenters. The average molecular weight is 273 g/mol. The molecule has 0 saturated heterocycles. The quantitative estimate of drug-likeness (QED) is 0.720. The van der Waals surface area contributed by atoms with Gasteiger partial charge in [-0.2, -0.15) is 0 Å². The highest BCUT2D eigenvalue weighted by Gasteiger charge is 2.07. The van der Waals surface area contributed by atoms with Gasteiger partial charge in [-0.25, -0.2) is 0 Å². The second-order valence-corrected chi connectivity index (χ2v) is 5.11. The molecule has 2 heteroatoms. The molecule has 0 bridgehead atoms. The first kappa shape index (κ1) is 13.8. The van der Waals surface area contributed by atoms with Gasteiger partial charge in [0.05, 0.1) is 0 Å². The van der Waals surface area contributed by atoms with Crippen molar-refractivity contribution in [1.82, 2.24) is 0 Å². The Hall–Kier alpha value is -1.60. The predicted molar refractivity (Wildman–Crippen MR) is 79.9 cm³/mol. The second kappa shape index (κ2) is 6.53. The molecule has 0 amide bonds. The lowest BCUT2D eigenvalue weighted by Crippen LogP contribution is -2.03. The van der Waals surface area contributed by atoms with Gasteiger partial charge >= 0.3 is 0 Å². The standard InChI is InChI=1S/C17H17ClO/c1-2-4-13-7-9-15(10-8-13)17(19)12-14-5-3-6-16(18)11-14/h3,5-11H,2,4,12H2,1H3. The summed E-state index contributed by atoms with van der Waals surface area (Å²) in [6.07, 6.45) is 2.58. The largest absolute Gasteiger partial charge is 0.294 e. The normalized spacial score (nSPS) is 10.4. The number of aryl methyl sites for hydroxylation is 1. The maximum Gasteiger partial charge on any atom is 0.167 e. The Bertz CT molecular complexity index is 558. The van der Waals surface area contributed by atoms with E-state index >= 15 is 0 Å². The molecule has 0 N–H and O–H groups in total.